The molecule has 1 amide bonds. The van der Waals surface area contributed by atoms with Crippen molar-refractivity contribution >= 4 is 17.8 Å². The summed E-state index contributed by atoms with van der Waals surface area (Å²) in [6, 6.07) is 0. The number of likely N-dealkylation sites (N-methyl/N-ethyl adjacent to an activating group) is 1. The van der Waals surface area contributed by atoms with Crippen molar-refractivity contribution in [3.63, 3.8) is 0 Å². The summed E-state index contributed by atoms with van der Waals surface area (Å²) in [5, 5.41) is 3.05. The molecule has 0 aromatic heterocycles. The maximum atomic E-state index is 11.7. The lowest BCUT2D eigenvalue weighted by Gasteiger charge is -2.35. The maximum Gasteiger partial charge on any atom is 0.253 e. The number of carbonyl (C=O) groups excluding carboxylic acids is 1. The molecule has 1 aromatic carbocycles. The quantitative estimate of drug-likeness (QED) is 0.507. The molecule has 1 N–H and O–H groups in total. The summed E-state index contributed by atoms with van der Waals surface area (Å²) in [4.78, 5) is 39.6. The van der Waals surface area contributed by atoms with Crippen molar-refractivity contribution in [3.05, 3.63) is 20.4 Å². The highest BCUT2D eigenvalue weighted by Gasteiger charge is 2.27. The highest BCUT2D eigenvalue weighted by Crippen LogP contribution is 2.21. The van der Waals surface area contributed by atoms with Gasteiger partial charge in [0.1, 0.15) is 11.4 Å². The first kappa shape index (κ1) is 14.5. The van der Waals surface area contributed by atoms with Gasteiger partial charge in [-0.25, -0.2) is 0 Å². The standard InChI is InChI=1S/C13H20N4O3/c1-15(2)4-3-14-10-11(13(20)12(10)19)17-7-5-16(9-18)6-8-17/h9,14H,3-8H2,1-2H3. The zero-order chi connectivity index (χ0) is 14.7. The predicted molar refractivity (Wildman–Crippen MR) is 78.2 cm³/mol. The number of carbonyl (C=O) groups is 1. The van der Waals surface area contributed by atoms with Gasteiger partial charge < -0.3 is 20.0 Å². The van der Waals surface area contributed by atoms with E-state index in [0.29, 0.717) is 44.1 Å². The van der Waals surface area contributed by atoms with E-state index < -0.39 is 10.9 Å². The van der Waals surface area contributed by atoms with E-state index in [9.17, 15) is 14.4 Å². The molecule has 0 atom stereocenters. The van der Waals surface area contributed by atoms with Crippen molar-refractivity contribution < 1.29 is 4.79 Å². The zero-order valence-corrected chi connectivity index (χ0v) is 11.9. The third kappa shape index (κ3) is 2.82. The number of anilines is 2. The third-order valence-electron chi connectivity index (χ3n) is 3.53. The van der Waals surface area contributed by atoms with Crippen molar-refractivity contribution in [3.8, 4) is 0 Å². The summed E-state index contributed by atoms with van der Waals surface area (Å²) >= 11 is 0. The first-order valence-corrected chi connectivity index (χ1v) is 6.70. The van der Waals surface area contributed by atoms with Gasteiger partial charge in [0.2, 0.25) is 6.41 Å². The van der Waals surface area contributed by atoms with Crippen LogP contribution in [0.2, 0.25) is 0 Å². The van der Waals surface area contributed by atoms with Gasteiger partial charge in [0, 0.05) is 39.3 Å². The van der Waals surface area contributed by atoms with E-state index in [0.717, 1.165) is 13.0 Å². The van der Waals surface area contributed by atoms with E-state index in [1.54, 1.807) is 4.90 Å². The Bertz CT molecular complexity index is 540. The fraction of sp³-hybridized carbons (Fsp3) is 0.615. The minimum absolute atomic E-state index is 0.420. The smallest absolute Gasteiger partial charge is 0.253 e. The summed E-state index contributed by atoms with van der Waals surface area (Å²) in [6.45, 7) is 3.76. The normalized spacial score (nSPS) is 15.9. The predicted octanol–water partition coefficient (Wildman–Crippen LogP) is -1.47. The van der Waals surface area contributed by atoms with Crippen LogP contribution in [-0.4, -0.2) is 69.6 Å². The Kier molecular flexibility index (Phi) is 4.39. The maximum absolute atomic E-state index is 11.7. The lowest BCUT2D eigenvalue weighted by molar-refractivity contribution is -0.118. The highest BCUT2D eigenvalue weighted by molar-refractivity contribution is 5.75. The molecule has 0 radical (unpaired) electrons. The van der Waals surface area contributed by atoms with E-state index in [1.807, 2.05) is 23.9 Å². The SMILES string of the molecule is CN(C)CCNc1c(N2CCN(C=O)CC2)c(=O)c1=O. The Hall–Kier alpha value is -1.89. The number of hydrogen-bond acceptors (Lipinski definition) is 6. The topological polar surface area (TPSA) is 73.0 Å². The molecular weight excluding hydrogens is 260 g/mol. The number of hydrogen-bond donors (Lipinski definition) is 1. The molecule has 7 nitrogen and oxygen atoms in total. The van der Waals surface area contributed by atoms with Gasteiger partial charge in [-0.05, 0) is 14.1 Å². The first-order chi connectivity index (χ1) is 9.54. The van der Waals surface area contributed by atoms with Crippen LogP contribution in [0, 0.1) is 0 Å². The van der Waals surface area contributed by atoms with Crippen LogP contribution in [0.1, 0.15) is 0 Å². The number of nitrogens with one attached hydrogen (secondary N) is 1. The summed E-state index contributed by atoms with van der Waals surface area (Å²) in [5.74, 6) is 0. The third-order valence-corrected chi connectivity index (χ3v) is 3.53. The molecule has 1 aliphatic rings. The lowest BCUT2D eigenvalue weighted by Crippen LogP contribution is -2.51. The second-order valence-corrected chi connectivity index (χ2v) is 5.24. The van der Waals surface area contributed by atoms with Crippen LogP contribution in [0.25, 0.3) is 0 Å². The molecule has 110 valence electrons. The van der Waals surface area contributed by atoms with Gasteiger partial charge in [0.05, 0.1) is 0 Å². The Labute approximate surface area is 117 Å². The van der Waals surface area contributed by atoms with Gasteiger partial charge in [-0.2, -0.15) is 0 Å². The summed E-state index contributed by atoms with van der Waals surface area (Å²) in [5.41, 5.74) is 0.0594. The largest absolute Gasteiger partial charge is 0.379 e. The van der Waals surface area contributed by atoms with Gasteiger partial charge in [0.15, 0.2) is 0 Å². The van der Waals surface area contributed by atoms with Crippen LogP contribution in [0.15, 0.2) is 9.59 Å². The van der Waals surface area contributed by atoms with E-state index in [2.05, 4.69) is 5.32 Å². The molecule has 1 aromatic rings. The van der Waals surface area contributed by atoms with Gasteiger partial charge in [-0.15, -0.1) is 0 Å². The van der Waals surface area contributed by atoms with Gasteiger partial charge in [0.25, 0.3) is 10.9 Å². The number of nitrogens with zero attached hydrogens (tertiary/aromatic N) is 3. The van der Waals surface area contributed by atoms with Crippen LogP contribution >= 0.6 is 0 Å². The first-order valence-electron chi connectivity index (χ1n) is 6.70. The number of piperazine rings is 1. The van der Waals surface area contributed by atoms with Crippen molar-refractivity contribution in [1.29, 1.82) is 0 Å². The van der Waals surface area contributed by atoms with Crippen LogP contribution in [0.3, 0.4) is 0 Å². The molecule has 0 bridgehead atoms. The molecule has 0 spiro atoms. The van der Waals surface area contributed by atoms with Crippen molar-refractivity contribution in [2.45, 2.75) is 0 Å². The van der Waals surface area contributed by atoms with Crippen LogP contribution in [0.4, 0.5) is 11.4 Å². The molecule has 1 fully saturated rings. The average Bonchev–Trinajstić information content (AvgIpc) is 2.46. The van der Waals surface area contributed by atoms with Crippen molar-refractivity contribution in [2.75, 3.05) is 63.6 Å². The molecule has 1 saturated heterocycles. The highest BCUT2D eigenvalue weighted by atomic mass is 16.2. The van der Waals surface area contributed by atoms with Crippen LogP contribution in [-0.2, 0) is 4.79 Å². The van der Waals surface area contributed by atoms with E-state index in [1.165, 1.54) is 0 Å². The molecule has 1 heterocycles. The van der Waals surface area contributed by atoms with Crippen LogP contribution in [0.5, 0.6) is 0 Å². The minimum atomic E-state index is -0.434. The van der Waals surface area contributed by atoms with Gasteiger partial charge in [-0.1, -0.05) is 0 Å². The molecule has 1 aliphatic heterocycles. The lowest BCUT2D eigenvalue weighted by atomic mass is 10.1. The summed E-state index contributed by atoms with van der Waals surface area (Å²) in [6.07, 6.45) is 0.815. The molecule has 0 saturated carbocycles. The number of amides is 1. The Balaban J connectivity index is 2.02. The Morgan fingerprint density at radius 1 is 1.15 bits per heavy atom. The van der Waals surface area contributed by atoms with Crippen molar-refractivity contribution in [1.82, 2.24) is 9.80 Å². The summed E-state index contributed by atoms with van der Waals surface area (Å²) in [7, 11) is 3.90. The fourth-order valence-electron chi connectivity index (χ4n) is 2.30. The van der Waals surface area contributed by atoms with E-state index in [4.69, 9.17) is 0 Å². The van der Waals surface area contributed by atoms with E-state index in [-0.39, 0.29) is 0 Å². The van der Waals surface area contributed by atoms with Gasteiger partial charge in [-0.3, -0.25) is 14.4 Å². The fourth-order valence-corrected chi connectivity index (χ4v) is 2.30. The second-order valence-electron chi connectivity index (χ2n) is 5.24. The van der Waals surface area contributed by atoms with Crippen molar-refractivity contribution in [2.24, 2.45) is 0 Å². The summed E-state index contributed by atoms with van der Waals surface area (Å²) < 4.78 is 0. The zero-order valence-electron chi connectivity index (χ0n) is 11.9. The average molecular weight is 280 g/mol. The minimum Gasteiger partial charge on any atom is -0.379 e. The Morgan fingerprint density at radius 2 is 1.80 bits per heavy atom. The molecule has 7 heteroatoms. The molecule has 0 aliphatic carbocycles. The second kappa shape index (κ2) is 6.04. The monoisotopic (exact) mass is 280 g/mol. The molecular formula is C13H20N4O3. The number of rotatable bonds is 6. The van der Waals surface area contributed by atoms with Gasteiger partial charge >= 0.3 is 0 Å². The van der Waals surface area contributed by atoms with Crippen LogP contribution < -0.4 is 21.1 Å². The molecule has 2 rings (SSSR count). The Morgan fingerprint density at radius 3 is 2.35 bits per heavy atom. The molecule has 0 unspecified atom stereocenters. The molecule has 20 heavy (non-hydrogen) atoms. The van der Waals surface area contributed by atoms with E-state index >= 15 is 0 Å².